The quantitative estimate of drug-likeness (QED) is 0.499. The summed E-state index contributed by atoms with van der Waals surface area (Å²) in [5.74, 6) is 0. The Hall–Kier alpha value is -0.736. The summed E-state index contributed by atoms with van der Waals surface area (Å²) in [6.45, 7) is 14.7. The van der Waals surface area contributed by atoms with E-state index in [-0.39, 0.29) is 0 Å². The molecule has 17 heavy (non-hydrogen) atoms. The fourth-order valence-electron chi connectivity index (χ4n) is 2.49. The molecule has 2 heteroatoms. The van der Waals surface area contributed by atoms with Gasteiger partial charge in [0, 0.05) is 29.8 Å². The van der Waals surface area contributed by atoms with Crippen LogP contribution in [0, 0.1) is 6.42 Å². The number of hydrogen-bond acceptors (Lipinski definition) is 0. The summed E-state index contributed by atoms with van der Waals surface area (Å²) in [6, 6.07) is 0. The standard InChI is InChI=1S/C15H23Si2/c1-16(2,3)14-11-15(17(4,5)6)13-10-8-7-9-12(13)14/h7-11H,1-6H3/q+1. The summed E-state index contributed by atoms with van der Waals surface area (Å²) in [4.78, 5) is 0. The first-order chi connectivity index (χ1) is 7.71. The van der Waals surface area contributed by atoms with E-state index in [1.807, 2.05) is 0 Å². The van der Waals surface area contributed by atoms with Gasteiger partial charge in [-0.25, -0.2) is 0 Å². The second kappa shape index (κ2) is 3.89. The van der Waals surface area contributed by atoms with Crippen LogP contribution in [0.2, 0.25) is 39.3 Å². The van der Waals surface area contributed by atoms with Gasteiger partial charge in [-0.05, 0) is 11.3 Å². The lowest BCUT2D eigenvalue weighted by Gasteiger charge is -2.18. The fourth-order valence-corrected chi connectivity index (χ4v) is 5.84. The Bertz CT molecular complexity index is 460. The molecule has 0 heterocycles. The lowest BCUT2D eigenvalue weighted by molar-refractivity contribution is 1.42. The van der Waals surface area contributed by atoms with Crippen LogP contribution in [-0.4, -0.2) is 16.1 Å². The average Bonchev–Trinajstić information content (AvgIpc) is 2.55. The molecule has 0 amide bonds. The molecule has 0 nitrogen and oxygen atoms in total. The third kappa shape index (κ3) is 2.29. The SMILES string of the molecule is C[Si](C)(C)C1=CC([Si](C)(C)C)=C2[CH+]C=CC=C12. The highest BCUT2D eigenvalue weighted by atomic mass is 28.3. The molecule has 0 saturated heterocycles. The molecule has 2 aliphatic carbocycles. The zero-order valence-electron chi connectivity index (χ0n) is 11.9. The van der Waals surface area contributed by atoms with E-state index in [1.54, 1.807) is 10.4 Å². The highest BCUT2D eigenvalue weighted by Crippen LogP contribution is 2.42. The second-order valence-corrected chi connectivity index (χ2v) is 17.1. The van der Waals surface area contributed by atoms with Crippen molar-refractivity contribution in [2.75, 3.05) is 0 Å². The van der Waals surface area contributed by atoms with Crippen LogP contribution in [0.4, 0.5) is 0 Å². The van der Waals surface area contributed by atoms with Gasteiger partial charge in [0.25, 0.3) is 0 Å². The predicted octanol–water partition coefficient (Wildman–Crippen LogP) is 4.68. The van der Waals surface area contributed by atoms with Gasteiger partial charge < -0.3 is 0 Å². The summed E-state index contributed by atoms with van der Waals surface area (Å²) < 4.78 is 0. The molecule has 90 valence electrons. The minimum Gasteiger partial charge on any atom is -0.0647 e. The van der Waals surface area contributed by atoms with E-state index >= 15 is 0 Å². The van der Waals surface area contributed by atoms with Crippen LogP contribution in [0.5, 0.6) is 0 Å². The number of fused-ring (bicyclic) bond motifs is 1. The molecule has 0 aromatic heterocycles. The maximum Gasteiger partial charge on any atom is 0.129 e. The Kier molecular flexibility index (Phi) is 2.91. The van der Waals surface area contributed by atoms with Gasteiger partial charge in [0.2, 0.25) is 0 Å². The van der Waals surface area contributed by atoms with Gasteiger partial charge in [-0.3, -0.25) is 0 Å². The van der Waals surface area contributed by atoms with Crippen molar-refractivity contribution in [1.29, 1.82) is 0 Å². The molecule has 0 spiro atoms. The molecule has 0 saturated carbocycles. The zero-order chi connectivity index (χ0) is 12.8. The molecule has 2 aliphatic rings. The summed E-state index contributed by atoms with van der Waals surface area (Å²) in [6.07, 6.45) is 11.5. The Labute approximate surface area is 108 Å². The van der Waals surface area contributed by atoms with Crippen molar-refractivity contribution in [1.82, 2.24) is 0 Å². The van der Waals surface area contributed by atoms with Gasteiger partial charge in [0.05, 0.1) is 19.2 Å². The van der Waals surface area contributed by atoms with E-state index in [9.17, 15) is 0 Å². The summed E-state index contributed by atoms with van der Waals surface area (Å²) in [5.41, 5.74) is 3.04. The maximum atomic E-state index is 2.53. The first kappa shape index (κ1) is 12.7. The lowest BCUT2D eigenvalue weighted by atomic mass is 10.0. The lowest BCUT2D eigenvalue weighted by Crippen LogP contribution is -2.25. The molecule has 0 aromatic rings. The van der Waals surface area contributed by atoms with E-state index in [4.69, 9.17) is 0 Å². The molecular weight excluding hydrogens is 236 g/mol. The van der Waals surface area contributed by atoms with Crippen molar-refractivity contribution < 1.29 is 0 Å². The van der Waals surface area contributed by atoms with Gasteiger partial charge in [0.15, 0.2) is 0 Å². The van der Waals surface area contributed by atoms with Crippen molar-refractivity contribution in [2.45, 2.75) is 39.3 Å². The largest absolute Gasteiger partial charge is 0.129 e. The summed E-state index contributed by atoms with van der Waals surface area (Å²) in [5, 5.41) is 3.29. The van der Waals surface area contributed by atoms with Gasteiger partial charge in [-0.15, -0.1) is 0 Å². The minimum atomic E-state index is -1.23. The highest BCUT2D eigenvalue weighted by molar-refractivity contribution is 6.87. The van der Waals surface area contributed by atoms with Gasteiger partial charge in [-0.2, -0.15) is 0 Å². The minimum absolute atomic E-state index is 1.23. The fraction of sp³-hybridized carbons (Fsp3) is 0.400. The van der Waals surface area contributed by atoms with Crippen molar-refractivity contribution in [3.05, 3.63) is 52.3 Å². The second-order valence-electron chi connectivity index (χ2n) is 7.02. The van der Waals surface area contributed by atoms with Gasteiger partial charge >= 0.3 is 0 Å². The smallest absolute Gasteiger partial charge is 0.0647 e. The van der Waals surface area contributed by atoms with E-state index < -0.39 is 16.1 Å². The summed E-state index contributed by atoms with van der Waals surface area (Å²) >= 11 is 0. The number of hydrogen-bond donors (Lipinski definition) is 0. The molecule has 0 aromatic carbocycles. The van der Waals surface area contributed by atoms with E-state index in [0.717, 1.165) is 0 Å². The molecule has 0 radical (unpaired) electrons. The van der Waals surface area contributed by atoms with Gasteiger partial charge in [0.1, 0.15) is 8.07 Å². The van der Waals surface area contributed by atoms with E-state index in [1.165, 1.54) is 11.1 Å². The monoisotopic (exact) mass is 259 g/mol. The molecule has 2 rings (SSSR count). The Morgan fingerprint density at radius 2 is 1.59 bits per heavy atom. The Morgan fingerprint density at radius 3 is 2.12 bits per heavy atom. The molecular formula is C15H23Si2+. The van der Waals surface area contributed by atoms with Crippen LogP contribution < -0.4 is 0 Å². The van der Waals surface area contributed by atoms with Crippen LogP contribution in [0.25, 0.3) is 0 Å². The summed E-state index contributed by atoms with van der Waals surface area (Å²) in [7, 11) is -2.47. The van der Waals surface area contributed by atoms with Crippen LogP contribution in [0.1, 0.15) is 0 Å². The first-order valence-corrected chi connectivity index (χ1v) is 13.4. The normalized spacial score (nSPS) is 19.9. The first-order valence-electron chi connectivity index (χ1n) is 6.40. The number of allylic oxidation sites excluding steroid dienone is 8. The predicted molar refractivity (Wildman–Crippen MR) is 83.3 cm³/mol. The average molecular weight is 260 g/mol. The Balaban J connectivity index is 2.56. The van der Waals surface area contributed by atoms with Crippen LogP contribution in [-0.2, 0) is 0 Å². The van der Waals surface area contributed by atoms with Crippen molar-refractivity contribution in [3.8, 4) is 0 Å². The zero-order valence-corrected chi connectivity index (χ0v) is 13.9. The molecule has 0 atom stereocenters. The van der Waals surface area contributed by atoms with Crippen LogP contribution in [0.15, 0.2) is 45.8 Å². The third-order valence-corrected chi connectivity index (χ3v) is 7.47. The molecule has 0 N–H and O–H groups in total. The Morgan fingerprint density at radius 1 is 0.941 bits per heavy atom. The van der Waals surface area contributed by atoms with E-state index in [0.29, 0.717) is 0 Å². The molecule has 0 unspecified atom stereocenters. The highest BCUT2D eigenvalue weighted by Gasteiger charge is 2.40. The molecule has 0 bridgehead atoms. The van der Waals surface area contributed by atoms with Gasteiger partial charge in [-0.1, -0.05) is 39.3 Å². The van der Waals surface area contributed by atoms with Crippen molar-refractivity contribution >= 4 is 16.1 Å². The third-order valence-electron chi connectivity index (χ3n) is 3.41. The van der Waals surface area contributed by atoms with E-state index in [2.05, 4.69) is 70.0 Å². The molecule has 0 fully saturated rings. The topological polar surface area (TPSA) is 0 Å². The van der Waals surface area contributed by atoms with Crippen molar-refractivity contribution in [2.24, 2.45) is 0 Å². The molecule has 0 aliphatic heterocycles. The maximum absolute atomic E-state index is 2.53. The number of rotatable bonds is 2. The van der Waals surface area contributed by atoms with Crippen LogP contribution in [0.3, 0.4) is 0 Å². The van der Waals surface area contributed by atoms with Crippen LogP contribution >= 0.6 is 0 Å². The van der Waals surface area contributed by atoms with Crippen molar-refractivity contribution in [3.63, 3.8) is 0 Å².